The van der Waals surface area contributed by atoms with Crippen LogP contribution in [0.2, 0.25) is 0 Å². The molecule has 0 saturated heterocycles. The largest absolute Gasteiger partial charge is 0.307 e. The first-order chi connectivity index (χ1) is 29.8. The van der Waals surface area contributed by atoms with Crippen LogP contribution in [0.15, 0.2) is 218 Å². The van der Waals surface area contributed by atoms with Crippen molar-refractivity contribution >= 4 is 54.4 Å². The molecular weight excluding hydrogens is 729 g/mol. The summed E-state index contributed by atoms with van der Waals surface area (Å²) in [5, 5.41) is 7.30. The van der Waals surface area contributed by atoms with E-state index >= 15 is 0 Å². The number of benzene rings is 9. The molecule has 0 fully saturated rings. The maximum absolute atomic E-state index is 5.24. The Morgan fingerprint density at radius 1 is 0.300 bits per heavy atom. The molecule has 4 nitrogen and oxygen atoms in total. The number of hydrogen-bond acceptors (Lipinski definition) is 2. The Bertz CT molecular complexity index is 3580. The molecule has 0 unspecified atom stereocenters. The zero-order valence-electron chi connectivity index (χ0n) is 32.6. The van der Waals surface area contributed by atoms with Crippen molar-refractivity contribution in [3.05, 3.63) is 218 Å². The predicted octanol–water partition coefficient (Wildman–Crippen LogP) is 14.5. The fourth-order valence-corrected chi connectivity index (χ4v) is 9.17. The molecule has 60 heavy (non-hydrogen) atoms. The average Bonchev–Trinajstić information content (AvgIpc) is 3.85. The zero-order valence-corrected chi connectivity index (χ0v) is 32.6. The third-order valence-electron chi connectivity index (χ3n) is 11.9. The van der Waals surface area contributed by atoms with Crippen molar-refractivity contribution in [2.45, 2.75) is 0 Å². The van der Waals surface area contributed by atoms with Crippen molar-refractivity contribution < 1.29 is 0 Å². The summed E-state index contributed by atoms with van der Waals surface area (Å²) in [5.41, 5.74) is 14.2. The molecule has 0 aliphatic heterocycles. The number of rotatable bonds is 6. The van der Waals surface area contributed by atoms with Crippen LogP contribution in [0.25, 0.3) is 111 Å². The summed E-state index contributed by atoms with van der Waals surface area (Å²) in [4.78, 5) is 10.4. The molecular formula is C56H36N4. The van der Waals surface area contributed by atoms with Crippen LogP contribution < -0.4 is 0 Å². The summed E-state index contributed by atoms with van der Waals surface area (Å²) in [6.45, 7) is 0. The van der Waals surface area contributed by atoms with Crippen LogP contribution in [0.5, 0.6) is 0 Å². The van der Waals surface area contributed by atoms with Gasteiger partial charge in [0.1, 0.15) is 0 Å². The lowest BCUT2D eigenvalue weighted by Gasteiger charge is -2.13. The molecule has 3 heterocycles. The van der Waals surface area contributed by atoms with Gasteiger partial charge >= 0.3 is 0 Å². The van der Waals surface area contributed by atoms with E-state index in [2.05, 4.69) is 221 Å². The van der Waals surface area contributed by atoms with Gasteiger partial charge < -0.3 is 9.13 Å². The fourth-order valence-electron chi connectivity index (χ4n) is 9.17. The van der Waals surface area contributed by atoms with Crippen molar-refractivity contribution in [2.75, 3.05) is 0 Å². The molecule has 0 atom stereocenters. The van der Waals surface area contributed by atoms with Crippen LogP contribution in [0.4, 0.5) is 0 Å². The molecule has 0 spiro atoms. The fraction of sp³-hybridized carbons (Fsp3) is 0. The van der Waals surface area contributed by atoms with Crippen LogP contribution in [0, 0.1) is 0 Å². The lowest BCUT2D eigenvalue weighted by Crippen LogP contribution is -1.98. The van der Waals surface area contributed by atoms with Crippen LogP contribution in [-0.2, 0) is 0 Å². The van der Waals surface area contributed by atoms with Gasteiger partial charge in [0.05, 0.1) is 33.5 Å². The van der Waals surface area contributed by atoms with Crippen LogP contribution >= 0.6 is 0 Å². The Labute approximate surface area is 346 Å². The summed E-state index contributed by atoms with van der Waals surface area (Å²) in [6.07, 6.45) is 0. The molecule has 0 amide bonds. The van der Waals surface area contributed by atoms with Gasteiger partial charge in [-0.3, -0.25) is 0 Å². The van der Waals surface area contributed by atoms with Gasteiger partial charge in [-0.2, -0.15) is 0 Å². The standard InChI is InChI=1S/C56H36N4/c1-3-16-39(17-4-1)50-36-51(45-26-14-18-38-15-7-8-23-44(38)45)58-56(57-50)41-20-13-19-40(35-41)37-29-31-43(32-30-37)60-53-28-12-10-25-47(53)49-34-33-48-46-24-9-11-27-52(46)59(54(48)55(49)60)42-21-5-2-6-22-42/h1-36H. The van der Waals surface area contributed by atoms with Crippen LogP contribution in [-0.4, -0.2) is 19.1 Å². The quantitative estimate of drug-likeness (QED) is 0.169. The number of fused-ring (bicyclic) bond motifs is 8. The Kier molecular flexibility index (Phi) is 7.82. The van der Waals surface area contributed by atoms with E-state index in [4.69, 9.17) is 9.97 Å². The number of para-hydroxylation sites is 3. The summed E-state index contributed by atoms with van der Waals surface area (Å²) >= 11 is 0. The Hall–Kier alpha value is -8.08. The molecule has 0 saturated carbocycles. The minimum absolute atomic E-state index is 0.695. The van der Waals surface area contributed by atoms with Gasteiger partial charge in [-0.25, -0.2) is 9.97 Å². The monoisotopic (exact) mass is 764 g/mol. The molecule has 0 aliphatic carbocycles. The van der Waals surface area contributed by atoms with Crippen molar-refractivity contribution in [1.29, 1.82) is 0 Å². The SMILES string of the molecule is c1ccc(-c2cc(-c3cccc4ccccc34)nc(-c3cccc(-c4ccc(-n5c6ccccc6c6ccc7c8ccccc8n(-c8ccccc8)c7c65)cc4)c3)n2)cc1. The zero-order chi connectivity index (χ0) is 39.6. The number of aromatic nitrogens is 4. The molecule has 12 aromatic rings. The highest BCUT2D eigenvalue weighted by Gasteiger charge is 2.21. The molecule has 3 aromatic heterocycles. The second-order valence-electron chi connectivity index (χ2n) is 15.4. The topological polar surface area (TPSA) is 35.6 Å². The van der Waals surface area contributed by atoms with E-state index in [1.165, 1.54) is 54.4 Å². The molecule has 12 rings (SSSR count). The molecule has 0 radical (unpaired) electrons. The molecule has 9 aromatic carbocycles. The predicted molar refractivity (Wildman–Crippen MR) is 250 cm³/mol. The highest BCUT2D eigenvalue weighted by atomic mass is 15.0. The lowest BCUT2D eigenvalue weighted by atomic mass is 9.99. The van der Waals surface area contributed by atoms with Crippen molar-refractivity contribution in [3.63, 3.8) is 0 Å². The van der Waals surface area contributed by atoms with E-state index in [1.807, 2.05) is 6.07 Å². The smallest absolute Gasteiger partial charge is 0.160 e. The first-order valence-electron chi connectivity index (χ1n) is 20.4. The van der Waals surface area contributed by atoms with Crippen molar-refractivity contribution in [3.8, 4) is 56.4 Å². The highest BCUT2D eigenvalue weighted by molar-refractivity contribution is 6.23. The number of nitrogens with zero attached hydrogens (tertiary/aromatic N) is 4. The maximum Gasteiger partial charge on any atom is 0.160 e. The van der Waals surface area contributed by atoms with Gasteiger partial charge in [-0.1, -0.05) is 170 Å². The molecule has 0 aliphatic rings. The lowest BCUT2D eigenvalue weighted by molar-refractivity contribution is 1.15. The van der Waals surface area contributed by atoms with E-state index in [1.54, 1.807) is 0 Å². The summed E-state index contributed by atoms with van der Waals surface area (Å²) in [5.74, 6) is 0.695. The van der Waals surface area contributed by atoms with E-state index in [9.17, 15) is 0 Å². The second kappa shape index (κ2) is 13.8. The maximum atomic E-state index is 5.24. The van der Waals surface area contributed by atoms with E-state index in [0.29, 0.717) is 5.82 Å². The van der Waals surface area contributed by atoms with Gasteiger partial charge in [0, 0.05) is 49.6 Å². The first kappa shape index (κ1) is 34.0. The highest BCUT2D eigenvalue weighted by Crippen LogP contribution is 2.42. The van der Waals surface area contributed by atoms with E-state index < -0.39 is 0 Å². The van der Waals surface area contributed by atoms with Crippen LogP contribution in [0.1, 0.15) is 0 Å². The van der Waals surface area contributed by atoms with Gasteiger partial charge in [0.25, 0.3) is 0 Å². The second-order valence-corrected chi connectivity index (χ2v) is 15.4. The van der Waals surface area contributed by atoms with Gasteiger partial charge in [0.2, 0.25) is 0 Å². The Balaban J connectivity index is 1.00. The van der Waals surface area contributed by atoms with Crippen LogP contribution in [0.3, 0.4) is 0 Å². The third-order valence-corrected chi connectivity index (χ3v) is 11.9. The van der Waals surface area contributed by atoms with Gasteiger partial charge in [0.15, 0.2) is 5.82 Å². The minimum Gasteiger partial charge on any atom is -0.307 e. The average molecular weight is 765 g/mol. The Morgan fingerprint density at radius 3 is 1.52 bits per heavy atom. The van der Waals surface area contributed by atoms with Crippen molar-refractivity contribution in [2.24, 2.45) is 0 Å². The molecule has 280 valence electrons. The first-order valence-corrected chi connectivity index (χ1v) is 20.4. The van der Waals surface area contributed by atoms with E-state index in [-0.39, 0.29) is 0 Å². The van der Waals surface area contributed by atoms with Gasteiger partial charge in [-0.15, -0.1) is 0 Å². The normalized spacial score (nSPS) is 11.7. The molecule has 0 bridgehead atoms. The van der Waals surface area contributed by atoms with Gasteiger partial charge in [-0.05, 0) is 70.4 Å². The third kappa shape index (κ3) is 5.46. The molecule has 4 heteroatoms. The van der Waals surface area contributed by atoms with E-state index in [0.717, 1.165) is 50.6 Å². The number of hydrogen-bond donors (Lipinski definition) is 0. The summed E-state index contributed by atoms with van der Waals surface area (Å²) in [7, 11) is 0. The van der Waals surface area contributed by atoms with Crippen molar-refractivity contribution in [1.82, 2.24) is 19.1 Å². The minimum atomic E-state index is 0.695. The molecule has 0 N–H and O–H groups in total. The summed E-state index contributed by atoms with van der Waals surface area (Å²) in [6, 6.07) is 77.9. The Morgan fingerprint density at radius 2 is 0.817 bits per heavy atom. The summed E-state index contributed by atoms with van der Waals surface area (Å²) < 4.78 is 4.88.